The quantitative estimate of drug-likeness (QED) is 0.426. The molecule has 0 spiro atoms. The maximum absolute atomic E-state index is 10.6. The molecule has 0 aliphatic heterocycles. The first-order valence-corrected chi connectivity index (χ1v) is 14.7. The third-order valence-electron chi connectivity index (χ3n) is 6.47. The van der Waals surface area contributed by atoms with Crippen LogP contribution in [0.1, 0.15) is 108 Å². The van der Waals surface area contributed by atoms with Crippen molar-refractivity contribution in [1.82, 2.24) is 0 Å². The van der Waals surface area contributed by atoms with Gasteiger partial charge in [0.25, 0.3) is 0 Å². The number of carbonyl (C=O) groups is 2. The minimum atomic E-state index is -1.08. The number of phenolic OH excluding ortho intramolecular Hbond substituents is 2. The number of hydrogen-bond acceptors (Lipinski definition) is 8. The molecule has 2 aromatic carbocycles. The molecular weight excluding hydrogens is 603 g/mol. The topological polar surface area (TPSA) is 145 Å². The molecule has 1 saturated carbocycles. The summed E-state index contributed by atoms with van der Waals surface area (Å²) in [5, 5.41) is 38.9. The molecule has 2 aromatic rings. The maximum Gasteiger partial charge on any atom is 2.00 e. The minimum Gasteiger partial charge on any atom is -0.550 e. The number of nitrogens with zero attached hydrogens (tertiary/aromatic N) is 2. The van der Waals surface area contributed by atoms with Gasteiger partial charge in [-0.15, -0.1) is 0 Å². The molecule has 8 nitrogen and oxygen atoms in total. The van der Waals surface area contributed by atoms with Crippen molar-refractivity contribution in [3.8, 4) is 11.5 Å². The van der Waals surface area contributed by atoms with Crippen molar-refractivity contribution < 1.29 is 46.8 Å². The van der Waals surface area contributed by atoms with Crippen molar-refractivity contribution in [3.05, 3.63) is 57.6 Å². The zero-order valence-corrected chi connectivity index (χ0v) is 29.0. The van der Waals surface area contributed by atoms with Crippen LogP contribution >= 0.6 is 0 Å². The van der Waals surface area contributed by atoms with E-state index >= 15 is 0 Å². The Labute approximate surface area is 273 Å². The number of rotatable bonds is 6. The number of benzene rings is 2. The number of aliphatic imine (C=N–C) groups is 2. The first-order valence-electron chi connectivity index (χ1n) is 14.7. The largest absolute Gasteiger partial charge is 2.00 e. The molecule has 1 radical (unpaired) electrons. The van der Waals surface area contributed by atoms with Gasteiger partial charge in [0.05, 0.1) is 12.1 Å². The summed E-state index contributed by atoms with van der Waals surface area (Å²) in [5.41, 5.74) is 6.22. The number of aryl methyl sites for hydroxylation is 2. The number of hydrogen-bond donors (Lipinski definition) is 2. The molecule has 0 amide bonds. The van der Waals surface area contributed by atoms with Crippen molar-refractivity contribution in [1.29, 1.82) is 0 Å². The van der Waals surface area contributed by atoms with Crippen molar-refractivity contribution in [3.63, 3.8) is 0 Å². The van der Waals surface area contributed by atoms with Crippen LogP contribution in [0.4, 0.5) is 0 Å². The Morgan fingerprint density at radius 2 is 1.05 bits per heavy atom. The van der Waals surface area contributed by atoms with E-state index < -0.39 is 11.9 Å². The predicted molar refractivity (Wildman–Crippen MR) is 170 cm³/mol. The minimum absolute atomic E-state index is 0. The van der Waals surface area contributed by atoms with E-state index in [0.29, 0.717) is 11.5 Å². The summed E-state index contributed by atoms with van der Waals surface area (Å²) in [6, 6.07) is 8.68. The van der Waals surface area contributed by atoms with Gasteiger partial charge in [0.1, 0.15) is 11.5 Å². The summed E-state index contributed by atoms with van der Waals surface area (Å²) < 4.78 is 0. The molecule has 0 saturated heterocycles. The number of aromatic hydroxyl groups is 2. The summed E-state index contributed by atoms with van der Waals surface area (Å²) in [6.45, 7) is 19.2. The van der Waals surface area contributed by atoms with E-state index in [0.717, 1.165) is 68.2 Å². The molecule has 2 atom stereocenters. The Morgan fingerprint density at radius 3 is 1.32 bits per heavy atom. The van der Waals surface area contributed by atoms with Crippen LogP contribution in [0.2, 0.25) is 0 Å². The van der Waals surface area contributed by atoms with Gasteiger partial charge in [-0.25, -0.2) is 0 Å². The van der Waals surface area contributed by atoms with Gasteiger partial charge >= 0.3 is 16.8 Å². The van der Waals surface area contributed by atoms with Gasteiger partial charge in [0.15, 0.2) is 0 Å². The average molecular weight is 654 g/mol. The van der Waals surface area contributed by atoms with Crippen LogP contribution in [0.25, 0.3) is 0 Å². The van der Waals surface area contributed by atoms with E-state index in [9.17, 15) is 10.2 Å². The van der Waals surface area contributed by atoms with Gasteiger partial charge in [0, 0.05) is 35.5 Å². The second-order valence-electron chi connectivity index (χ2n) is 13.8. The summed E-state index contributed by atoms with van der Waals surface area (Å²) in [7, 11) is 0. The summed E-state index contributed by atoms with van der Waals surface area (Å²) in [6.07, 6.45) is 8.45. The Morgan fingerprint density at radius 1 is 0.750 bits per heavy atom. The van der Waals surface area contributed by atoms with Crippen molar-refractivity contribution in [2.45, 2.75) is 113 Å². The van der Waals surface area contributed by atoms with Crippen molar-refractivity contribution >= 4 is 24.4 Å². The van der Waals surface area contributed by atoms with Gasteiger partial charge in [-0.3, -0.25) is 9.98 Å². The van der Waals surface area contributed by atoms with Crippen LogP contribution in [0.15, 0.2) is 34.3 Å². The summed E-state index contributed by atoms with van der Waals surface area (Å²) in [5.74, 6) is -1.53. The van der Waals surface area contributed by atoms with Crippen LogP contribution in [-0.2, 0) is 39.2 Å². The van der Waals surface area contributed by atoms with Gasteiger partial charge < -0.3 is 30.0 Å². The van der Waals surface area contributed by atoms with Gasteiger partial charge in [0.2, 0.25) is 0 Å². The van der Waals surface area contributed by atoms with Gasteiger partial charge in [-0.05, 0) is 105 Å². The maximum atomic E-state index is 10.6. The third kappa shape index (κ3) is 16.6. The van der Waals surface area contributed by atoms with Crippen LogP contribution < -0.4 is 10.2 Å². The summed E-state index contributed by atoms with van der Waals surface area (Å²) >= 11 is 0. The zero-order chi connectivity index (χ0) is 33.1. The molecule has 1 fully saturated rings. The molecule has 0 bridgehead atoms. The normalized spacial score (nSPS) is 16.5. The van der Waals surface area contributed by atoms with Gasteiger partial charge in [-0.1, -0.05) is 53.7 Å². The standard InChI is InChI=1S/C31H44N2O2.2C2H4O2.Co/c1-20-11-22(16-30(3,4)5)13-24(28(20)34)18-32-26-9-10-27(15-26)33-19-25-14-23(17-31(6,7)8)12-21(2)29(25)35;2*1-2(3)4;/h11-14,18-19,26-27,34-35H,9-10,15-17H2,1-8H3;2*1H3,(H,3,4);/q;;;+2/p-2. The van der Waals surface area contributed by atoms with Crippen LogP contribution in [0, 0.1) is 24.7 Å². The number of phenols is 2. The van der Waals surface area contributed by atoms with E-state index in [2.05, 4.69) is 65.8 Å². The number of carboxylic acid groups (broad SMARTS) is 2. The molecule has 0 heterocycles. The van der Waals surface area contributed by atoms with E-state index in [1.165, 1.54) is 11.1 Å². The fourth-order valence-corrected chi connectivity index (χ4v) is 4.97. The first kappa shape index (κ1) is 40.8. The Hall–Kier alpha value is -3.17. The van der Waals surface area contributed by atoms with E-state index in [-0.39, 0.29) is 39.7 Å². The fraction of sp³-hybridized carbons (Fsp3) is 0.543. The first-order chi connectivity index (χ1) is 19.7. The predicted octanol–water partition coefficient (Wildman–Crippen LogP) is 4.86. The van der Waals surface area contributed by atoms with Crippen LogP contribution in [0.3, 0.4) is 0 Å². The van der Waals surface area contributed by atoms with E-state index in [1.54, 1.807) is 0 Å². The van der Waals surface area contributed by atoms with Crippen molar-refractivity contribution in [2.24, 2.45) is 20.8 Å². The molecule has 245 valence electrons. The molecule has 2 unspecified atom stereocenters. The number of aliphatic carboxylic acids is 2. The average Bonchev–Trinajstić information content (AvgIpc) is 3.27. The monoisotopic (exact) mass is 653 g/mol. The van der Waals surface area contributed by atoms with E-state index in [4.69, 9.17) is 29.8 Å². The van der Waals surface area contributed by atoms with Gasteiger partial charge in [-0.2, -0.15) is 0 Å². The Balaban J connectivity index is 0.00000183. The smallest absolute Gasteiger partial charge is 0.550 e. The summed E-state index contributed by atoms with van der Waals surface area (Å²) in [4.78, 5) is 27.4. The molecule has 0 aromatic heterocycles. The Kier molecular flexibility index (Phi) is 16.7. The SMILES string of the molecule is CC(=O)[O-].CC(=O)[O-].Cc1cc(CC(C)(C)C)cc(C=NC2CCC(N=Cc3cc(CC(C)(C)C)cc(C)c3O)C2)c1O.[Co+2]. The fourth-order valence-electron chi connectivity index (χ4n) is 4.97. The number of carbonyl (C=O) groups excluding carboxylic acids is 2. The second kappa shape index (κ2) is 18.0. The molecule has 44 heavy (non-hydrogen) atoms. The molecule has 2 N–H and O–H groups in total. The molecule has 9 heteroatoms. The van der Waals surface area contributed by atoms with E-state index in [1.807, 2.05) is 26.3 Å². The van der Waals surface area contributed by atoms with Crippen LogP contribution in [0.5, 0.6) is 11.5 Å². The Bertz CT molecular complexity index is 1200. The third-order valence-corrected chi connectivity index (χ3v) is 6.47. The molecular formula is C35H50CoN2O6. The number of carboxylic acids is 2. The van der Waals surface area contributed by atoms with Crippen molar-refractivity contribution in [2.75, 3.05) is 0 Å². The second-order valence-corrected chi connectivity index (χ2v) is 13.8. The molecule has 3 rings (SSSR count). The molecule has 1 aliphatic carbocycles. The van der Waals surface area contributed by atoms with Crippen LogP contribution in [-0.4, -0.2) is 46.7 Å². The zero-order valence-electron chi connectivity index (χ0n) is 27.9. The molecule has 1 aliphatic rings.